The molecule has 0 spiro atoms. The number of esters is 4. The molecule has 19 heteroatoms. The van der Waals surface area contributed by atoms with Crippen LogP contribution in [0.2, 0.25) is 0 Å². The van der Waals surface area contributed by atoms with Gasteiger partial charge in [-0.2, -0.15) is 0 Å². The number of ether oxygens (including phenoxy) is 4. The molecule has 0 aromatic heterocycles. The molecule has 624 valence electrons. The standard InChI is InChI=1S/C86H168O17P2/c1-9-79(8)65-57-49-41-33-23-19-16-17-20-24-34-42-50-58-66-83(88)96-72-81(102-85(90)68-60-52-44-36-25-21-15-13-11-10-12-14-18-22-30-38-46-54-62-76(2)3)74-100-104(92,93)98-70-80(87)71-99-105(94,95)101-75-82(103-86(91)69-61-53-45-37-29-27-32-40-48-56-64-78(6)7)73-97-84(89)67-59-51-43-35-28-26-31-39-47-55-63-77(4)5/h76-82,87H,9-75H2,1-8H3,(H,92,93)(H,94,95)/t79?,80-,81-,82-/m1/s1. The fraction of sp³-hybridized carbons (Fsp3) is 0.953. The third-order valence-corrected chi connectivity index (χ3v) is 22.3. The summed E-state index contributed by atoms with van der Waals surface area (Å²) in [6, 6.07) is 0. The lowest BCUT2D eigenvalue weighted by Crippen LogP contribution is -2.30. The van der Waals surface area contributed by atoms with Crippen LogP contribution in [-0.2, 0) is 65.4 Å². The van der Waals surface area contributed by atoms with Gasteiger partial charge in [-0.3, -0.25) is 37.3 Å². The Labute approximate surface area is 645 Å². The van der Waals surface area contributed by atoms with Crippen molar-refractivity contribution in [2.45, 2.75) is 465 Å². The first-order valence-electron chi connectivity index (χ1n) is 44.2. The zero-order valence-electron chi connectivity index (χ0n) is 69.4. The number of hydrogen-bond donors (Lipinski definition) is 3. The smallest absolute Gasteiger partial charge is 0.462 e. The maximum atomic E-state index is 13.2. The summed E-state index contributed by atoms with van der Waals surface area (Å²) in [4.78, 5) is 73.2. The summed E-state index contributed by atoms with van der Waals surface area (Å²) in [5, 5.41) is 10.7. The second-order valence-electron chi connectivity index (χ2n) is 32.6. The van der Waals surface area contributed by atoms with E-state index in [1.807, 2.05) is 0 Å². The molecule has 0 rings (SSSR count). The number of phosphoric acid groups is 2. The zero-order chi connectivity index (χ0) is 77.4. The van der Waals surface area contributed by atoms with Gasteiger partial charge in [-0.05, 0) is 49.4 Å². The minimum atomic E-state index is -4.97. The molecule has 0 bridgehead atoms. The van der Waals surface area contributed by atoms with Gasteiger partial charge in [-0.25, -0.2) is 9.13 Å². The number of phosphoric ester groups is 2. The molecule has 0 radical (unpaired) electrons. The lowest BCUT2D eigenvalue weighted by atomic mass is 9.99. The van der Waals surface area contributed by atoms with E-state index in [-0.39, 0.29) is 25.7 Å². The Bertz CT molecular complexity index is 2040. The highest BCUT2D eigenvalue weighted by Gasteiger charge is 2.31. The van der Waals surface area contributed by atoms with Gasteiger partial charge in [-0.1, -0.05) is 396 Å². The van der Waals surface area contributed by atoms with Crippen LogP contribution in [0.15, 0.2) is 0 Å². The van der Waals surface area contributed by atoms with Crippen LogP contribution in [-0.4, -0.2) is 96.7 Å². The van der Waals surface area contributed by atoms with Gasteiger partial charge >= 0.3 is 39.5 Å². The maximum Gasteiger partial charge on any atom is 0.472 e. The van der Waals surface area contributed by atoms with Gasteiger partial charge in [-0.15, -0.1) is 0 Å². The molecule has 0 aliphatic rings. The first-order valence-corrected chi connectivity index (χ1v) is 47.2. The molecule has 0 heterocycles. The van der Waals surface area contributed by atoms with E-state index in [0.717, 1.165) is 114 Å². The summed E-state index contributed by atoms with van der Waals surface area (Å²) >= 11 is 0. The molecule has 3 N–H and O–H groups in total. The SMILES string of the molecule is CCC(C)CCCCCCCCCCCCCCCCC(=O)OC[C@H](COP(=O)(O)OC[C@@H](O)COP(=O)(O)OC[C@@H](COC(=O)CCCCCCCCCCCCC(C)C)OC(=O)CCCCCCCCCCCCC(C)C)OC(=O)CCCCCCCCCCCCCCCCCCCCC(C)C. The average Bonchev–Trinajstić information content (AvgIpc) is 0.922. The molecule has 0 aromatic rings. The highest BCUT2D eigenvalue weighted by atomic mass is 31.2. The molecule has 6 atom stereocenters. The highest BCUT2D eigenvalue weighted by Crippen LogP contribution is 2.45. The third kappa shape index (κ3) is 78.5. The number of carbonyl (C=O) groups excluding carboxylic acids is 4. The van der Waals surface area contributed by atoms with Crippen molar-refractivity contribution in [3.8, 4) is 0 Å². The predicted molar refractivity (Wildman–Crippen MR) is 432 cm³/mol. The zero-order valence-corrected chi connectivity index (χ0v) is 71.2. The first kappa shape index (κ1) is 103. The van der Waals surface area contributed by atoms with E-state index >= 15 is 0 Å². The molecule has 17 nitrogen and oxygen atoms in total. The number of aliphatic hydroxyl groups is 1. The quantitative estimate of drug-likeness (QED) is 0.0222. The third-order valence-electron chi connectivity index (χ3n) is 20.4. The van der Waals surface area contributed by atoms with Crippen LogP contribution in [0.5, 0.6) is 0 Å². The van der Waals surface area contributed by atoms with Crippen molar-refractivity contribution in [2.24, 2.45) is 23.7 Å². The predicted octanol–water partition coefficient (Wildman–Crippen LogP) is 25.9. The van der Waals surface area contributed by atoms with Gasteiger partial charge in [0.25, 0.3) is 0 Å². The minimum absolute atomic E-state index is 0.106. The number of carbonyl (C=O) groups is 4. The Morgan fingerprint density at radius 2 is 0.457 bits per heavy atom. The summed E-state index contributed by atoms with van der Waals surface area (Å²) < 4.78 is 68.9. The van der Waals surface area contributed by atoms with E-state index < -0.39 is 97.5 Å². The number of aliphatic hydroxyl groups excluding tert-OH is 1. The molecular formula is C86H168O17P2. The van der Waals surface area contributed by atoms with E-state index in [1.165, 1.54) is 250 Å². The number of unbranched alkanes of at least 4 members (excludes halogenated alkanes) is 48. The first-order chi connectivity index (χ1) is 50.6. The fourth-order valence-electron chi connectivity index (χ4n) is 13.3. The summed E-state index contributed by atoms with van der Waals surface area (Å²) in [6.45, 7) is 14.4. The van der Waals surface area contributed by atoms with Crippen molar-refractivity contribution in [1.82, 2.24) is 0 Å². The van der Waals surface area contributed by atoms with E-state index in [2.05, 4.69) is 55.4 Å². The minimum Gasteiger partial charge on any atom is -0.462 e. The molecule has 0 amide bonds. The summed E-state index contributed by atoms with van der Waals surface area (Å²) in [5.41, 5.74) is 0. The van der Waals surface area contributed by atoms with Crippen LogP contribution in [0.3, 0.4) is 0 Å². The molecule has 0 fully saturated rings. The molecular weight excluding hydrogens is 1370 g/mol. The van der Waals surface area contributed by atoms with Crippen molar-refractivity contribution >= 4 is 39.5 Å². The van der Waals surface area contributed by atoms with E-state index in [0.29, 0.717) is 25.7 Å². The topological polar surface area (TPSA) is 237 Å². The normalized spacial score (nSPS) is 14.2. The Morgan fingerprint density at radius 1 is 0.267 bits per heavy atom. The fourth-order valence-corrected chi connectivity index (χ4v) is 14.9. The van der Waals surface area contributed by atoms with Gasteiger partial charge in [0.2, 0.25) is 0 Å². The second kappa shape index (κ2) is 74.8. The van der Waals surface area contributed by atoms with Crippen LogP contribution in [0.1, 0.15) is 447 Å². The van der Waals surface area contributed by atoms with Crippen LogP contribution >= 0.6 is 15.6 Å². The summed E-state index contributed by atoms with van der Waals surface area (Å²) in [5.74, 6) is 1.07. The molecule has 0 saturated carbocycles. The molecule has 3 unspecified atom stereocenters. The Morgan fingerprint density at radius 3 is 0.676 bits per heavy atom. The van der Waals surface area contributed by atoms with Crippen LogP contribution in [0, 0.1) is 23.7 Å². The molecule has 0 aliphatic carbocycles. The van der Waals surface area contributed by atoms with Gasteiger partial charge in [0.05, 0.1) is 26.4 Å². The maximum absolute atomic E-state index is 13.2. The lowest BCUT2D eigenvalue weighted by molar-refractivity contribution is -0.161. The van der Waals surface area contributed by atoms with Gasteiger partial charge in [0.15, 0.2) is 12.2 Å². The Balaban J connectivity index is 5.25. The molecule has 0 aromatic carbocycles. The molecule has 105 heavy (non-hydrogen) atoms. The van der Waals surface area contributed by atoms with Crippen molar-refractivity contribution < 1.29 is 80.2 Å². The lowest BCUT2D eigenvalue weighted by Gasteiger charge is -2.21. The van der Waals surface area contributed by atoms with E-state index in [4.69, 9.17) is 37.0 Å². The largest absolute Gasteiger partial charge is 0.472 e. The van der Waals surface area contributed by atoms with Crippen LogP contribution < -0.4 is 0 Å². The van der Waals surface area contributed by atoms with Crippen LogP contribution in [0.25, 0.3) is 0 Å². The van der Waals surface area contributed by atoms with Gasteiger partial charge in [0, 0.05) is 25.7 Å². The molecule has 0 saturated heterocycles. The van der Waals surface area contributed by atoms with Gasteiger partial charge in [0.1, 0.15) is 19.3 Å². The van der Waals surface area contributed by atoms with E-state index in [1.54, 1.807) is 0 Å². The number of rotatable bonds is 83. The summed E-state index contributed by atoms with van der Waals surface area (Å²) in [7, 11) is -9.93. The highest BCUT2D eigenvalue weighted by molar-refractivity contribution is 7.47. The van der Waals surface area contributed by atoms with Gasteiger partial charge < -0.3 is 33.8 Å². The summed E-state index contributed by atoms with van der Waals surface area (Å²) in [6.07, 6.45) is 63.8. The van der Waals surface area contributed by atoms with Crippen molar-refractivity contribution in [1.29, 1.82) is 0 Å². The Kier molecular flexibility index (Phi) is 73.4. The monoisotopic (exact) mass is 1540 g/mol. The number of hydrogen-bond acceptors (Lipinski definition) is 15. The second-order valence-corrected chi connectivity index (χ2v) is 35.5. The van der Waals surface area contributed by atoms with Crippen LogP contribution in [0.4, 0.5) is 0 Å². The average molecular weight is 1540 g/mol. The molecule has 0 aliphatic heterocycles. The Hall–Kier alpha value is -1.94. The van der Waals surface area contributed by atoms with Crippen molar-refractivity contribution in [3.05, 3.63) is 0 Å². The van der Waals surface area contributed by atoms with Crippen molar-refractivity contribution in [2.75, 3.05) is 39.6 Å². The van der Waals surface area contributed by atoms with E-state index in [9.17, 15) is 43.2 Å². The van der Waals surface area contributed by atoms with Crippen molar-refractivity contribution in [3.63, 3.8) is 0 Å².